The van der Waals surface area contributed by atoms with Gasteiger partial charge in [0.05, 0.1) is 9.85 Å². The first-order chi connectivity index (χ1) is 8.91. The first-order valence-corrected chi connectivity index (χ1v) is 6.99. The van der Waals surface area contributed by atoms with Gasteiger partial charge in [0.25, 0.3) is 0 Å². The maximum atomic E-state index is 13.6. The maximum absolute atomic E-state index is 13.6. The van der Waals surface area contributed by atoms with Gasteiger partial charge in [-0.2, -0.15) is 0 Å². The Labute approximate surface area is 124 Å². The Hall–Kier alpha value is -0.930. The number of hydrogen-bond donors (Lipinski definition) is 0. The summed E-state index contributed by atoms with van der Waals surface area (Å²) in [7, 11) is 0. The van der Waals surface area contributed by atoms with Crippen molar-refractivity contribution in [3.05, 3.63) is 68.7 Å². The minimum absolute atomic E-state index is 0.291. The predicted octanol–water partition coefficient (Wildman–Crippen LogP) is 5.67. The zero-order valence-electron chi connectivity index (χ0n) is 10.5. The Bertz CT molecular complexity index is 603. The van der Waals surface area contributed by atoms with Crippen molar-refractivity contribution in [2.24, 2.45) is 0 Å². The largest absolute Gasteiger partial charge is 0.207 e. The summed E-state index contributed by atoms with van der Waals surface area (Å²) in [5, 5.41) is -0.523. The van der Waals surface area contributed by atoms with Crippen LogP contribution in [-0.4, -0.2) is 0 Å². The summed E-state index contributed by atoms with van der Waals surface area (Å²) in [4.78, 5) is 0. The van der Waals surface area contributed by atoms with E-state index in [4.69, 9.17) is 11.6 Å². The summed E-state index contributed by atoms with van der Waals surface area (Å²) in [5.74, 6) is -0.651. The third-order valence-electron chi connectivity index (χ3n) is 3.07. The van der Waals surface area contributed by atoms with E-state index in [-0.39, 0.29) is 11.6 Å². The highest BCUT2D eigenvalue weighted by molar-refractivity contribution is 9.10. The van der Waals surface area contributed by atoms with Crippen LogP contribution in [-0.2, 0) is 0 Å². The van der Waals surface area contributed by atoms with Gasteiger partial charge in [0.15, 0.2) is 0 Å². The predicted molar refractivity (Wildman–Crippen MR) is 77.7 cm³/mol. The Kier molecular flexibility index (Phi) is 4.26. The topological polar surface area (TPSA) is 0 Å². The number of benzene rings is 2. The molecule has 0 saturated heterocycles. The summed E-state index contributed by atoms with van der Waals surface area (Å²) in [5.41, 5.74) is 2.97. The third-order valence-corrected chi connectivity index (χ3v) is 4.36. The molecule has 1 atom stereocenters. The first kappa shape index (κ1) is 14.5. The van der Waals surface area contributed by atoms with E-state index in [1.165, 1.54) is 18.2 Å². The normalized spacial score (nSPS) is 12.5. The Morgan fingerprint density at radius 1 is 1.11 bits per heavy atom. The zero-order valence-corrected chi connectivity index (χ0v) is 12.8. The lowest BCUT2D eigenvalue weighted by atomic mass is 9.95. The van der Waals surface area contributed by atoms with E-state index in [2.05, 4.69) is 15.9 Å². The van der Waals surface area contributed by atoms with E-state index >= 15 is 0 Å². The van der Waals surface area contributed by atoms with Crippen LogP contribution in [0.5, 0.6) is 0 Å². The minimum Gasteiger partial charge on any atom is -0.207 e. The molecule has 4 heteroatoms. The molecule has 0 N–H and O–H groups in total. The summed E-state index contributed by atoms with van der Waals surface area (Å²) < 4.78 is 27.2. The fraction of sp³-hybridized carbons (Fsp3) is 0.200. The van der Waals surface area contributed by atoms with Gasteiger partial charge in [-0.15, -0.1) is 11.6 Å². The second-order valence-electron chi connectivity index (χ2n) is 4.46. The molecule has 0 radical (unpaired) electrons. The summed E-state index contributed by atoms with van der Waals surface area (Å²) in [6.07, 6.45) is 0. The molecule has 0 bridgehead atoms. The maximum Gasteiger partial charge on any atom is 0.137 e. The molecule has 2 rings (SSSR count). The van der Waals surface area contributed by atoms with Gasteiger partial charge in [0, 0.05) is 0 Å². The molecule has 0 aliphatic carbocycles. The fourth-order valence-corrected chi connectivity index (χ4v) is 3.34. The van der Waals surface area contributed by atoms with Crippen LogP contribution in [0.15, 0.2) is 34.8 Å². The average molecular weight is 346 g/mol. The van der Waals surface area contributed by atoms with Gasteiger partial charge in [-0.05, 0) is 70.2 Å². The van der Waals surface area contributed by atoms with Crippen LogP contribution < -0.4 is 0 Å². The van der Waals surface area contributed by atoms with Crippen LogP contribution in [0.1, 0.15) is 27.6 Å². The molecular formula is C15H12BrClF2. The van der Waals surface area contributed by atoms with Gasteiger partial charge in [-0.25, -0.2) is 8.78 Å². The molecule has 0 fully saturated rings. The molecule has 2 aromatic carbocycles. The van der Waals surface area contributed by atoms with E-state index in [0.29, 0.717) is 10.0 Å². The first-order valence-electron chi connectivity index (χ1n) is 5.76. The molecule has 0 saturated carbocycles. The van der Waals surface area contributed by atoms with Crippen LogP contribution in [0.2, 0.25) is 0 Å². The van der Waals surface area contributed by atoms with Crippen molar-refractivity contribution in [3.8, 4) is 0 Å². The monoisotopic (exact) mass is 344 g/mol. The quantitative estimate of drug-likeness (QED) is 0.615. The van der Waals surface area contributed by atoms with E-state index in [9.17, 15) is 8.78 Å². The lowest BCUT2D eigenvalue weighted by Gasteiger charge is -2.18. The number of alkyl halides is 1. The Morgan fingerprint density at radius 2 is 1.68 bits per heavy atom. The molecule has 1 unspecified atom stereocenters. The number of hydrogen-bond acceptors (Lipinski definition) is 0. The van der Waals surface area contributed by atoms with E-state index < -0.39 is 5.38 Å². The minimum atomic E-state index is -0.523. The summed E-state index contributed by atoms with van der Waals surface area (Å²) >= 11 is 9.66. The van der Waals surface area contributed by atoms with Gasteiger partial charge in [0.2, 0.25) is 0 Å². The highest BCUT2D eigenvalue weighted by Gasteiger charge is 2.20. The highest BCUT2D eigenvalue weighted by atomic mass is 79.9. The van der Waals surface area contributed by atoms with E-state index in [1.54, 1.807) is 26.0 Å². The highest BCUT2D eigenvalue weighted by Crippen LogP contribution is 2.38. The van der Waals surface area contributed by atoms with Crippen molar-refractivity contribution < 1.29 is 8.78 Å². The van der Waals surface area contributed by atoms with E-state index in [0.717, 1.165) is 16.7 Å². The molecule has 0 heterocycles. The van der Waals surface area contributed by atoms with Crippen molar-refractivity contribution in [2.75, 3.05) is 0 Å². The molecular weight excluding hydrogens is 334 g/mol. The van der Waals surface area contributed by atoms with Gasteiger partial charge in [-0.1, -0.05) is 12.1 Å². The van der Waals surface area contributed by atoms with Crippen molar-refractivity contribution in [1.82, 2.24) is 0 Å². The van der Waals surface area contributed by atoms with Crippen LogP contribution in [0, 0.1) is 25.5 Å². The smallest absolute Gasteiger partial charge is 0.137 e. The van der Waals surface area contributed by atoms with Gasteiger partial charge >= 0.3 is 0 Å². The molecule has 100 valence electrons. The fourth-order valence-electron chi connectivity index (χ4n) is 2.19. The lowest BCUT2D eigenvalue weighted by Crippen LogP contribution is -2.02. The molecule has 0 amide bonds. The lowest BCUT2D eigenvalue weighted by molar-refractivity contribution is 0.617. The van der Waals surface area contributed by atoms with Crippen LogP contribution in [0.25, 0.3) is 0 Å². The standard InChI is InChI=1S/C15H12BrClF2/c1-8-6-10(18)7-9(2)13(8)15(17)11-4-3-5-12(19)14(11)16/h3-7,15H,1-2H3. The van der Waals surface area contributed by atoms with Crippen molar-refractivity contribution in [2.45, 2.75) is 19.2 Å². The number of rotatable bonds is 2. The van der Waals surface area contributed by atoms with Gasteiger partial charge in [0.1, 0.15) is 11.6 Å². The number of aryl methyl sites for hydroxylation is 2. The Morgan fingerprint density at radius 3 is 2.26 bits per heavy atom. The molecule has 0 aliphatic rings. The molecule has 19 heavy (non-hydrogen) atoms. The Balaban J connectivity index is 2.56. The van der Waals surface area contributed by atoms with Crippen molar-refractivity contribution >= 4 is 27.5 Å². The number of halogens is 4. The molecule has 0 nitrogen and oxygen atoms in total. The van der Waals surface area contributed by atoms with Crippen molar-refractivity contribution in [3.63, 3.8) is 0 Å². The van der Waals surface area contributed by atoms with Gasteiger partial charge in [-0.3, -0.25) is 0 Å². The average Bonchev–Trinajstić information content (AvgIpc) is 2.31. The SMILES string of the molecule is Cc1cc(F)cc(C)c1C(Cl)c1cccc(F)c1Br. The second kappa shape index (κ2) is 5.59. The van der Waals surface area contributed by atoms with E-state index in [1.807, 2.05) is 0 Å². The van der Waals surface area contributed by atoms with Crippen molar-refractivity contribution in [1.29, 1.82) is 0 Å². The summed E-state index contributed by atoms with van der Waals surface area (Å²) in [6.45, 7) is 3.60. The second-order valence-corrected chi connectivity index (χ2v) is 5.69. The zero-order chi connectivity index (χ0) is 14.2. The van der Waals surface area contributed by atoms with Crippen LogP contribution >= 0.6 is 27.5 Å². The molecule has 2 aromatic rings. The molecule has 0 spiro atoms. The van der Waals surface area contributed by atoms with Crippen LogP contribution in [0.4, 0.5) is 8.78 Å². The van der Waals surface area contributed by atoms with Gasteiger partial charge < -0.3 is 0 Å². The molecule has 0 aliphatic heterocycles. The third kappa shape index (κ3) is 2.82. The summed E-state index contributed by atoms with van der Waals surface area (Å²) in [6, 6.07) is 7.60. The van der Waals surface area contributed by atoms with Crippen LogP contribution in [0.3, 0.4) is 0 Å². The molecule has 0 aromatic heterocycles.